The van der Waals surface area contributed by atoms with Crippen LogP contribution in [0.1, 0.15) is 15.9 Å². The first-order valence-corrected chi connectivity index (χ1v) is 8.42. The maximum absolute atomic E-state index is 13.1. The van der Waals surface area contributed by atoms with Crippen molar-refractivity contribution in [3.05, 3.63) is 47.5 Å². The molecule has 0 aromatic heterocycles. The number of alkyl halides is 7. The molecule has 31 heavy (non-hydrogen) atoms. The first-order chi connectivity index (χ1) is 14.4. The Balaban J connectivity index is 2.36. The van der Waals surface area contributed by atoms with Crippen LogP contribution in [0.15, 0.2) is 36.4 Å². The maximum Gasteiger partial charge on any atom is 0.416 e. The molecule has 0 aliphatic carbocycles. The molecular weight excluding hydrogens is 439 g/mol. The molecule has 2 rings (SSSR count). The summed E-state index contributed by atoms with van der Waals surface area (Å²) in [6.45, 7) is -1.81. The van der Waals surface area contributed by atoms with Crippen molar-refractivity contribution in [3.8, 4) is 17.2 Å². The van der Waals surface area contributed by atoms with Gasteiger partial charge in [0, 0.05) is 5.56 Å². The van der Waals surface area contributed by atoms with E-state index in [2.05, 4.69) is 10.1 Å². The second-order valence-corrected chi connectivity index (χ2v) is 6.08. The third kappa shape index (κ3) is 5.92. The van der Waals surface area contributed by atoms with E-state index in [1.165, 1.54) is 32.4 Å². The fourth-order valence-corrected chi connectivity index (χ4v) is 2.34. The van der Waals surface area contributed by atoms with Crippen molar-refractivity contribution in [2.75, 3.05) is 26.1 Å². The van der Waals surface area contributed by atoms with E-state index in [1.54, 1.807) is 0 Å². The van der Waals surface area contributed by atoms with Gasteiger partial charge in [-0.1, -0.05) is 0 Å². The van der Waals surface area contributed by atoms with Gasteiger partial charge in [-0.3, -0.25) is 4.79 Å². The molecule has 170 valence electrons. The van der Waals surface area contributed by atoms with Crippen LogP contribution >= 0.6 is 0 Å². The zero-order valence-electron chi connectivity index (χ0n) is 16.0. The third-order valence-electron chi connectivity index (χ3n) is 3.94. The molecule has 1 N–H and O–H groups in total. The number of benzene rings is 2. The number of hydrogen-bond acceptors (Lipinski definition) is 4. The van der Waals surface area contributed by atoms with Crippen molar-refractivity contribution in [1.82, 2.24) is 0 Å². The number of carbonyl (C=O) groups is 1. The molecule has 0 aliphatic rings. The summed E-state index contributed by atoms with van der Waals surface area (Å²) in [5.74, 6) is -5.72. The van der Waals surface area contributed by atoms with Gasteiger partial charge in [-0.05, 0) is 36.4 Å². The molecule has 1 amide bonds. The molecule has 0 unspecified atom stereocenters. The number of nitrogens with one attached hydrogen (secondary N) is 1. The average Bonchev–Trinajstić information content (AvgIpc) is 2.71. The lowest BCUT2D eigenvalue weighted by atomic mass is 10.1. The number of anilines is 1. The quantitative estimate of drug-likeness (QED) is 0.553. The van der Waals surface area contributed by atoms with Gasteiger partial charge in [0.05, 0.1) is 25.5 Å². The monoisotopic (exact) mass is 455 g/mol. The van der Waals surface area contributed by atoms with Crippen LogP contribution in [0.3, 0.4) is 0 Å². The van der Waals surface area contributed by atoms with Crippen LogP contribution < -0.4 is 19.5 Å². The minimum atomic E-state index is -4.83. The molecule has 0 bridgehead atoms. The Bertz CT molecular complexity index is 932. The fraction of sp³-hybridized carbons (Fsp3) is 0.316. The maximum atomic E-state index is 13.1. The largest absolute Gasteiger partial charge is 0.493 e. The predicted molar refractivity (Wildman–Crippen MR) is 95.4 cm³/mol. The third-order valence-corrected chi connectivity index (χ3v) is 3.94. The Labute approximate surface area is 171 Å². The predicted octanol–water partition coefficient (Wildman–Crippen LogP) is 5.25. The van der Waals surface area contributed by atoms with Crippen molar-refractivity contribution in [3.63, 3.8) is 0 Å². The fourth-order valence-electron chi connectivity index (χ4n) is 2.34. The van der Waals surface area contributed by atoms with Gasteiger partial charge in [-0.2, -0.15) is 22.0 Å². The van der Waals surface area contributed by atoms with Crippen LogP contribution in [0, 0.1) is 0 Å². The van der Waals surface area contributed by atoms with Gasteiger partial charge in [-0.15, -0.1) is 0 Å². The van der Waals surface area contributed by atoms with E-state index in [1.807, 2.05) is 0 Å². The SMILES string of the molecule is COc1ccc(C(=O)Nc2cc(C(F)(F)F)ccc2OCC(F)(F)C(F)F)cc1OC. The number of rotatable bonds is 8. The first kappa shape index (κ1) is 24.1. The summed E-state index contributed by atoms with van der Waals surface area (Å²) in [5, 5.41) is 2.10. The summed E-state index contributed by atoms with van der Waals surface area (Å²) >= 11 is 0. The number of halogens is 7. The molecule has 0 saturated carbocycles. The Kier molecular flexibility index (Phi) is 7.24. The normalized spacial score (nSPS) is 11.9. The smallest absolute Gasteiger partial charge is 0.416 e. The van der Waals surface area contributed by atoms with E-state index < -0.39 is 48.0 Å². The second-order valence-electron chi connectivity index (χ2n) is 6.08. The van der Waals surface area contributed by atoms with E-state index in [9.17, 15) is 35.5 Å². The van der Waals surface area contributed by atoms with Gasteiger partial charge in [0.25, 0.3) is 5.91 Å². The van der Waals surface area contributed by atoms with Crippen molar-refractivity contribution >= 4 is 11.6 Å². The van der Waals surface area contributed by atoms with E-state index >= 15 is 0 Å². The zero-order valence-corrected chi connectivity index (χ0v) is 16.0. The van der Waals surface area contributed by atoms with E-state index in [4.69, 9.17) is 9.47 Å². The van der Waals surface area contributed by atoms with Crippen LogP contribution in [0.5, 0.6) is 17.2 Å². The van der Waals surface area contributed by atoms with Crippen LogP contribution in [-0.2, 0) is 6.18 Å². The molecule has 2 aromatic rings. The number of amides is 1. The highest BCUT2D eigenvalue weighted by Crippen LogP contribution is 2.36. The van der Waals surface area contributed by atoms with Crippen LogP contribution in [0.4, 0.5) is 36.4 Å². The van der Waals surface area contributed by atoms with E-state index in [0.717, 1.165) is 0 Å². The highest BCUT2D eigenvalue weighted by atomic mass is 19.4. The second kappa shape index (κ2) is 9.31. The highest BCUT2D eigenvalue weighted by Gasteiger charge is 2.42. The molecule has 12 heteroatoms. The molecule has 0 saturated heterocycles. The highest BCUT2D eigenvalue weighted by molar-refractivity contribution is 6.05. The van der Waals surface area contributed by atoms with Gasteiger partial charge in [0.2, 0.25) is 0 Å². The molecule has 5 nitrogen and oxygen atoms in total. The van der Waals surface area contributed by atoms with Crippen LogP contribution in [-0.4, -0.2) is 39.1 Å². The number of methoxy groups -OCH3 is 2. The van der Waals surface area contributed by atoms with E-state index in [0.29, 0.717) is 18.2 Å². The molecule has 0 atom stereocenters. The molecule has 0 fully saturated rings. The summed E-state index contributed by atoms with van der Waals surface area (Å²) in [5.41, 5.74) is -1.93. The Morgan fingerprint density at radius 2 is 1.55 bits per heavy atom. The molecule has 0 aliphatic heterocycles. The average molecular weight is 455 g/mol. The summed E-state index contributed by atoms with van der Waals surface area (Å²) in [6.07, 6.45) is -8.87. The number of carbonyl (C=O) groups excluding carboxylic acids is 1. The van der Waals surface area contributed by atoms with Crippen molar-refractivity contribution in [2.24, 2.45) is 0 Å². The summed E-state index contributed by atoms with van der Waals surface area (Å²) in [6, 6.07) is 5.45. The van der Waals surface area contributed by atoms with E-state index in [-0.39, 0.29) is 17.1 Å². The Hall–Kier alpha value is -3.18. The van der Waals surface area contributed by atoms with Gasteiger partial charge in [-0.25, -0.2) is 8.78 Å². The molecule has 0 spiro atoms. The number of hydrogen-bond donors (Lipinski definition) is 1. The van der Waals surface area contributed by atoms with Crippen molar-refractivity contribution in [2.45, 2.75) is 18.5 Å². The lowest BCUT2D eigenvalue weighted by Gasteiger charge is -2.19. The first-order valence-electron chi connectivity index (χ1n) is 8.42. The van der Waals surface area contributed by atoms with Crippen molar-refractivity contribution in [1.29, 1.82) is 0 Å². The lowest BCUT2D eigenvalue weighted by Crippen LogP contribution is -2.34. The molecule has 0 radical (unpaired) electrons. The summed E-state index contributed by atoms with van der Waals surface area (Å²) in [7, 11) is 2.64. The Morgan fingerprint density at radius 1 is 0.935 bits per heavy atom. The standard InChI is InChI=1S/C19H16F7NO4/c1-29-14-5-3-10(7-15(14)30-2)16(28)27-12-8-11(19(24,25)26)4-6-13(12)31-9-18(22,23)17(20)21/h3-8,17H,9H2,1-2H3,(H,27,28). The van der Waals surface area contributed by atoms with Crippen molar-refractivity contribution < 1.29 is 49.7 Å². The van der Waals surface area contributed by atoms with Gasteiger partial charge in [0.15, 0.2) is 18.1 Å². The Morgan fingerprint density at radius 3 is 2.10 bits per heavy atom. The summed E-state index contributed by atoms with van der Waals surface area (Å²) in [4.78, 5) is 12.5. The molecular formula is C19H16F7NO4. The molecule has 0 heterocycles. The summed E-state index contributed by atoms with van der Waals surface area (Å²) < 4.78 is 105. The topological polar surface area (TPSA) is 56.8 Å². The van der Waals surface area contributed by atoms with Gasteiger partial charge in [0.1, 0.15) is 5.75 Å². The van der Waals surface area contributed by atoms with Crippen LogP contribution in [0.2, 0.25) is 0 Å². The van der Waals surface area contributed by atoms with Crippen LogP contribution in [0.25, 0.3) is 0 Å². The lowest BCUT2D eigenvalue weighted by molar-refractivity contribution is -0.148. The zero-order chi connectivity index (χ0) is 23.4. The number of ether oxygens (including phenoxy) is 3. The minimum absolute atomic E-state index is 0.0704. The molecule has 2 aromatic carbocycles. The van der Waals surface area contributed by atoms with Gasteiger partial charge < -0.3 is 19.5 Å². The minimum Gasteiger partial charge on any atom is -0.493 e. The van der Waals surface area contributed by atoms with Gasteiger partial charge >= 0.3 is 18.5 Å².